The van der Waals surface area contributed by atoms with Crippen molar-refractivity contribution in [2.45, 2.75) is 32.7 Å². The minimum Gasteiger partial charge on any atom is -0.481 e. The van der Waals surface area contributed by atoms with Crippen LogP contribution in [0.15, 0.2) is 29.4 Å². The molecule has 1 saturated heterocycles. The van der Waals surface area contributed by atoms with Crippen LogP contribution in [0.25, 0.3) is 0 Å². The summed E-state index contributed by atoms with van der Waals surface area (Å²) >= 11 is 0. The Labute approximate surface area is 174 Å². The Hall–Kier alpha value is -3.63. The van der Waals surface area contributed by atoms with Crippen molar-refractivity contribution in [3.63, 3.8) is 0 Å². The summed E-state index contributed by atoms with van der Waals surface area (Å²) in [6.07, 6.45) is 2.11. The summed E-state index contributed by atoms with van der Waals surface area (Å²) in [6, 6.07) is 6.14. The van der Waals surface area contributed by atoms with Crippen LogP contribution in [0.1, 0.15) is 32.3 Å². The second-order valence-electron chi connectivity index (χ2n) is 6.18. The molecule has 0 spiro atoms. The highest BCUT2D eigenvalue weighted by Gasteiger charge is 2.33. The van der Waals surface area contributed by atoms with Crippen molar-refractivity contribution in [1.29, 1.82) is 0 Å². The zero-order chi connectivity index (χ0) is 22.5. The van der Waals surface area contributed by atoms with Crippen LogP contribution in [-0.2, 0) is 19.1 Å². The molecule has 0 aliphatic carbocycles. The summed E-state index contributed by atoms with van der Waals surface area (Å²) in [6.45, 7) is 3.77. The van der Waals surface area contributed by atoms with Crippen molar-refractivity contribution in [3.8, 4) is 0 Å². The van der Waals surface area contributed by atoms with E-state index in [4.69, 9.17) is 20.5 Å². The molecule has 3 amide bonds. The maximum atomic E-state index is 12.5. The third-order valence-corrected chi connectivity index (χ3v) is 3.86. The number of nitrogens with one attached hydrogen (secondary N) is 2. The van der Waals surface area contributed by atoms with Crippen LogP contribution < -0.4 is 21.4 Å². The first-order valence-electron chi connectivity index (χ1n) is 9.32. The number of urea groups is 1. The van der Waals surface area contributed by atoms with Gasteiger partial charge in [-0.3, -0.25) is 14.4 Å². The molecule has 1 aromatic rings. The minimum atomic E-state index is -0.833. The number of hydrogen-bond acceptors (Lipinski definition) is 7. The molecule has 0 saturated carbocycles. The second kappa shape index (κ2) is 12.8. The molecule has 0 radical (unpaired) electrons. The van der Waals surface area contributed by atoms with Gasteiger partial charge in [-0.1, -0.05) is 12.1 Å². The van der Waals surface area contributed by atoms with E-state index in [0.717, 1.165) is 18.2 Å². The number of esters is 1. The van der Waals surface area contributed by atoms with Gasteiger partial charge in [-0.15, -0.1) is 0 Å². The van der Waals surface area contributed by atoms with Crippen LogP contribution in [0, 0.1) is 0 Å². The van der Waals surface area contributed by atoms with Crippen LogP contribution in [0.3, 0.4) is 0 Å². The number of rotatable bonds is 7. The molecule has 0 bridgehead atoms. The number of ether oxygens (including phenoxy) is 1. The summed E-state index contributed by atoms with van der Waals surface area (Å²) in [5.74, 6) is 3.72. The predicted octanol–water partition coefficient (Wildman–Crippen LogP) is 0.428. The summed E-state index contributed by atoms with van der Waals surface area (Å²) in [5, 5.41) is 16.0. The van der Waals surface area contributed by atoms with Gasteiger partial charge in [-0.05, 0) is 31.0 Å². The standard InChI is InChI=1S/C17H23N5O4.C2H4O2/c1-2-26-15(23)7-9-19-17(25)21-14-8-10-22(16(14)24)13-5-3-12(4-6-13)11-20-18;1-2(3)4/h3-6,11,14H,2,7-10,18H2,1H3,(H2,19,21,25);1H3,(H,3,4)/t14-;/m0./s1. The van der Waals surface area contributed by atoms with Crippen molar-refractivity contribution in [2.24, 2.45) is 10.9 Å². The Morgan fingerprint density at radius 3 is 2.53 bits per heavy atom. The van der Waals surface area contributed by atoms with Crippen molar-refractivity contribution in [2.75, 3.05) is 24.6 Å². The molecule has 30 heavy (non-hydrogen) atoms. The molecule has 11 nitrogen and oxygen atoms in total. The molecule has 1 aromatic carbocycles. The van der Waals surface area contributed by atoms with Crippen LogP contribution in [0.5, 0.6) is 0 Å². The lowest BCUT2D eigenvalue weighted by molar-refractivity contribution is -0.143. The predicted molar refractivity (Wildman–Crippen MR) is 110 cm³/mol. The molecule has 1 aliphatic heterocycles. The molecule has 1 atom stereocenters. The number of anilines is 1. The fourth-order valence-corrected chi connectivity index (χ4v) is 2.62. The Morgan fingerprint density at radius 2 is 1.97 bits per heavy atom. The molecule has 0 unspecified atom stereocenters. The van der Waals surface area contributed by atoms with Gasteiger partial charge in [0, 0.05) is 25.7 Å². The van der Waals surface area contributed by atoms with E-state index < -0.39 is 18.0 Å². The number of carboxylic acid groups (broad SMARTS) is 1. The number of amides is 3. The summed E-state index contributed by atoms with van der Waals surface area (Å²) in [5.41, 5.74) is 1.58. The van der Waals surface area contributed by atoms with Crippen molar-refractivity contribution < 1.29 is 29.0 Å². The number of aliphatic carboxylic acids is 1. The number of nitrogens with two attached hydrogens (primary N) is 1. The van der Waals surface area contributed by atoms with Crippen LogP contribution in [-0.4, -0.2) is 60.9 Å². The first-order valence-corrected chi connectivity index (χ1v) is 9.32. The number of benzene rings is 1. The summed E-state index contributed by atoms with van der Waals surface area (Å²) in [4.78, 5) is 46.2. The number of carbonyl (C=O) groups excluding carboxylic acids is 3. The second-order valence-corrected chi connectivity index (χ2v) is 6.18. The van der Waals surface area contributed by atoms with Gasteiger partial charge in [0.2, 0.25) is 5.91 Å². The molecule has 2 rings (SSSR count). The molecule has 11 heteroatoms. The van der Waals surface area contributed by atoms with Crippen molar-refractivity contribution in [3.05, 3.63) is 29.8 Å². The van der Waals surface area contributed by atoms with Crippen LogP contribution >= 0.6 is 0 Å². The average molecular weight is 421 g/mol. The van der Waals surface area contributed by atoms with Gasteiger partial charge in [0.05, 0.1) is 19.2 Å². The molecular weight excluding hydrogens is 394 g/mol. The average Bonchev–Trinajstić information content (AvgIpc) is 3.03. The van der Waals surface area contributed by atoms with Gasteiger partial charge in [0.25, 0.3) is 5.97 Å². The Balaban J connectivity index is 0.00000103. The van der Waals surface area contributed by atoms with Crippen LogP contribution in [0.4, 0.5) is 10.5 Å². The van der Waals surface area contributed by atoms with Gasteiger partial charge in [0.15, 0.2) is 0 Å². The van der Waals surface area contributed by atoms with Crippen molar-refractivity contribution >= 4 is 35.8 Å². The SMILES string of the molecule is CC(=O)O.CCOC(=O)CCNC(=O)N[C@H]1CCN(c2ccc(C=NN)cc2)C1=O. The van der Waals surface area contributed by atoms with E-state index in [9.17, 15) is 14.4 Å². The molecule has 164 valence electrons. The quantitative estimate of drug-likeness (QED) is 0.215. The van der Waals surface area contributed by atoms with Gasteiger partial charge in [-0.2, -0.15) is 5.10 Å². The number of nitrogens with zero attached hydrogens (tertiary/aromatic N) is 2. The third kappa shape index (κ3) is 8.59. The smallest absolute Gasteiger partial charge is 0.315 e. The van der Waals surface area contributed by atoms with Gasteiger partial charge in [-0.25, -0.2) is 4.79 Å². The van der Waals surface area contributed by atoms with E-state index in [2.05, 4.69) is 15.7 Å². The molecular formula is C19H27N5O6. The maximum absolute atomic E-state index is 12.5. The number of hydrazone groups is 1. The number of carboxylic acids is 1. The highest BCUT2D eigenvalue weighted by atomic mass is 16.5. The Bertz CT molecular complexity index is 761. The third-order valence-electron chi connectivity index (χ3n) is 3.86. The summed E-state index contributed by atoms with van der Waals surface area (Å²) in [7, 11) is 0. The zero-order valence-corrected chi connectivity index (χ0v) is 17.0. The highest BCUT2D eigenvalue weighted by molar-refractivity contribution is 6.01. The van der Waals surface area contributed by atoms with Gasteiger partial charge >= 0.3 is 12.0 Å². The van der Waals surface area contributed by atoms with E-state index >= 15 is 0 Å². The van der Waals surface area contributed by atoms with Gasteiger partial charge in [0.1, 0.15) is 6.04 Å². The Kier molecular flexibility index (Phi) is 10.4. The summed E-state index contributed by atoms with van der Waals surface area (Å²) < 4.78 is 4.77. The van der Waals surface area contributed by atoms with E-state index in [-0.39, 0.29) is 24.8 Å². The molecule has 1 aliphatic rings. The largest absolute Gasteiger partial charge is 0.481 e. The first kappa shape index (κ1) is 24.4. The monoisotopic (exact) mass is 421 g/mol. The van der Waals surface area contributed by atoms with Gasteiger partial charge < -0.3 is 31.2 Å². The molecule has 1 heterocycles. The number of carbonyl (C=O) groups is 4. The minimum absolute atomic E-state index is 0.0877. The topological polar surface area (TPSA) is 163 Å². The highest BCUT2D eigenvalue weighted by Crippen LogP contribution is 2.21. The fourth-order valence-electron chi connectivity index (χ4n) is 2.62. The molecule has 5 N–H and O–H groups in total. The molecule has 1 fully saturated rings. The fraction of sp³-hybridized carbons (Fsp3) is 0.421. The van der Waals surface area contributed by atoms with Crippen LogP contribution in [0.2, 0.25) is 0 Å². The van der Waals surface area contributed by atoms with E-state index in [1.54, 1.807) is 24.0 Å². The molecule has 0 aromatic heterocycles. The normalized spacial score (nSPS) is 15.3. The van der Waals surface area contributed by atoms with Crippen molar-refractivity contribution in [1.82, 2.24) is 10.6 Å². The lowest BCUT2D eigenvalue weighted by atomic mass is 10.2. The van der Waals surface area contributed by atoms with E-state index in [1.165, 1.54) is 6.21 Å². The lowest BCUT2D eigenvalue weighted by Gasteiger charge is -2.17. The van der Waals surface area contributed by atoms with E-state index in [0.29, 0.717) is 19.6 Å². The first-order chi connectivity index (χ1) is 14.3. The zero-order valence-electron chi connectivity index (χ0n) is 17.0. The Morgan fingerprint density at radius 1 is 1.33 bits per heavy atom. The number of hydrogen-bond donors (Lipinski definition) is 4. The maximum Gasteiger partial charge on any atom is 0.315 e. The lowest BCUT2D eigenvalue weighted by Crippen LogP contribution is -2.46. The van der Waals surface area contributed by atoms with E-state index in [1.807, 2.05) is 12.1 Å².